The lowest BCUT2D eigenvalue weighted by molar-refractivity contribution is -0.123. The van der Waals surface area contributed by atoms with Crippen molar-refractivity contribution in [3.63, 3.8) is 0 Å². The summed E-state index contributed by atoms with van der Waals surface area (Å²) in [4.78, 5) is 13.6. The number of anilines is 1. The number of fused-ring (bicyclic) bond motifs is 1. The van der Waals surface area contributed by atoms with Crippen LogP contribution < -0.4 is 9.64 Å². The second-order valence-corrected chi connectivity index (χ2v) is 4.65. The standard InChI is InChI=1S/C13H15F2NO2/c1-13(7-10(14)15)8-5-4-6-9(18-3)11(8)16(2)12(13)17/h4-6,10H,7H2,1-3H3. The van der Waals surface area contributed by atoms with Crippen LogP contribution in [0.5, 0.6) is 5.75 Å². The van der Waals surface area contributed by atoms with Crippen LogP contribution in [0, 0.1) is 0 Å². The Morgan fingerprint density at radius 2 is 2.11 bits per heavy atom. The smallest absolute Gasteiger partial charge is 0.240 e. The van der Waals surface area contributed by atoms with Crippen LogP contribution in [0.3, 0.4) is 0 Å². The first-order chi connectivity index (χ1) is 8.41. The van der Waals surface area contributed by atoms with E-state index < -0.39 is 18.3 Å². The van der Waals surface area contributed by atoms with E-state index in [1.165, 1.54) is 12.0 Å². The Hall–Kier alpha value is -1.65. The van der Waals surface area contributed by atoms with Gasteiger partial charge >= 0.3 is 0 Å². The van der Waals surface area contributed by atoms with Crippen LogP contribution in [0.25, 0.3) is 0 Å². The highest BCUT2D eigenvalue weighted by Gasteiger charge is 2.48. The van der Waals surface area contributed by atoms with Gasteiger partial charge in [0.2, 0.25) is 12.3 Å². The van der Waals surface area contributed by atoms with Crippen LogP contribution in [0.15, 0.2) is 18.2 Å². The number of hydrogen-bond acceptors (Lipinski definition) is 2. The van der Waals surface area contributed by atoms with Gasteiger partial charge in [-0.2, -0.15) is 0 Å². The highest BCUT2D eigenvalue weighted by molar-refractivity contribution is 6.08. The average Bonchev–Trinajstić information content (AvgIpc) is 2.51. The zero-order valence-corrected chi connectivity index (χ0v) is 10.5. The number of halogens is 2. The first-order valence-corrected chi connectivity index (χ1v) is 5.65. The van der Waals surface area contributed by atoms with Crippen molar-refractivity contribution in [1.82, 2.24) is 0 Å². The highest BCUT2D eigenvalue weighted by Crippen LogP contribution is 2.48. The normalized spacial score (nSPS) is 22.6. The predicted octanol–water partition coefficient (Wildman–Crippen LogP) is 2.58. The van der Waals surface area contributed by atoms with Crippen molar-refractivity contribution in [3.05, 3.63) is 23.8 Å². The first kappa shape index (κ1) is 12.8. The predicted molar refractivity (Wildman–Crippen MR) is 64.4 cm³/mol. The van der Waals surface area contributed by atoms with Crippen LogP contribution in [0.1, 0.15) is 18.9 Å². The number of carbonyl (C=O) groups excluding carboxylic acids is 1. The van der Waals surface area contributed by atoms with E-state index >= 15 is 0 Å². The minimum Gasteiger partial charge on any atom is -0.495 e. The summed E-state index contributed by atoms with van der Waals surface area (Å²) in [7, 11) is 3.08. The number of nitrogens with zero attached hydrogens (tertiary/aromatic N) is 1. The van der Waals surface area contributed by atoms with Crippen LogP contribution in [-0.2, 0) is 10.2 Å². The number of alkyl halides is 2. The minimum atomic E-state index is -2.52. The van der Waals surface area contributed by atoms with Crippen molar-refractivity contribution in [1.29, 1.82) is 0 Å². The van der Waals surface area contributed by atoms with Gasteiger partial charge in [0, 0.05) is 13.5 Å². The SMILES string of the molecule is COc1cccc2c1N(C)C(=O)C2(C)CC(F)F. The van der Waals surface area contributed by atoms with E-state index in [-0.39, 0.29) is 5.91 Å². The maximum atomic E-state index is 12.7. The summed E-state index contributed by atoms with van der Waals surface area (Å²) in [6.07, 6.45) is -3.00. The lowest BCUT2D eigenvalue weighted by Gasteiger charge is -2.22. The molecule has 0 N–H and O–H groups in total. The van der Waals surface area contributed by atoms with Gasteiger partial charge < -0.3 is 9.64 Å². The summed E-state index contributed by atoms with van der Waals surface area (Å²) in [6, 6.07) is 5.15. The molecular weight excluding hydrogens is 240 g/mol. The summed E-state index contributed by atoms with van der Waals surface area (Å²) in [5, 5.41) is 0. The van der Waals surface area contributed by atoms with Crippen molar-refractivity contribution in [2.75, 3.05) is 19.1 Å². The number of hydrogen-bond donors (Lipinski definition) is 0. The maximum Gasteiger partial charge on any atom is 0.240 e. The summed E-state index contributed by atoms with van der Waals surface area (Å²) >= 11 is 0. The molecule has 18 heavy (non-hydrogen) atoms. The lowest BCUT2D eigenvalue weighted by atomic mass is 9.81. The van der Waals surface area contributed by atoms with E-state index in [0.29, 0.717) is 17.0 Å². The third kappa shape index (κ3) is 1.65. The van der Waals surface area contributed by atoms with Gasteiger partial charge in [-0.15, -0.1) is 0 Å². The molecule has 0 fully saturated rings. The molecule has 98 valence electrons. The summed E-state index contributed by atoms with van der Waals surface area (Å²) in [6.45, 7) is 1.56. The fourth-order valence-electron chi connectivity index (χ4n) is 2.57. The van der Waals surface area contributed by atoms with E-state index in [1.807, 2.05) is 0 Å². The second-order valence-electron chi connectivity index (χ2n) is 4.65. The molecule has 1 heterocycles. The maximum absolute atomic E-state index is 12.7. The van der Waals surface area contributed by atoms with Crippen LogP contribution in [0.2, 0.25) is 0 Å². The fourth-order valence-corrected chi connectivity index (χ4v) is 2.57. The van der Waals surface area contributed by atoms with Gasteiger partial charge in [0.05, 0.1) is 18.2 Å². The van der Waals surface area contributed by atoms with E-state index in [4.69, 9.17) is 4.74 Å². The average molecular weight is 255 g/mol. The number of ether oxygens (including phenoxy) is 1. The molecule has 1 aliphatic rings. The Labute approximate surface area is 104 Å². The van der Waals surface area contributed by atoms with Crippen molar-refractivity contribution >= 4 is 11.6 Å². The van der Waals surface area contributed by atoms with Gasteiger partial charge in [-0.3, -0.25) is 4.79 Å². The molecule has 1 atom stereocenters. The molecule has 5 heteroatoms. The summed E-state index contributed by atoms with van der Waals surface area (Å²) in [5.74, 6) is 0.212. The molecule has 0 saturated carbocycles. The number of carbonyl (C=O) groups is 1. The van der Waals surface area contributed by atoms with Crippen molar-refractivity contribution in [3.8, 4) is 5.75 Å². The largest absolute Gasteiger partial charge is 0.495 e. The third-order valence-electron chi connectivity index (χ3n) is 3.49. The molecule has 3 nitrogen and oxygen atoms in total. The number of likely N-dealkylation sites (N-methyl/N-ethyl adjacent to an activating group) is 1. The molecule has 0 aromatic heterocycles. The van der Waals surface area contributed by atoms with E-state index in [0.717, 1.165) is 0 Å². The topological polar surface area (TPSA) is 29.5 Å². The van der Waals surface area contributed by atoms with Gasteiger partial charge in [-0.1, -0.05) is 12.1 Å². The summed E-state index contributed by atoms with van der Waals surface area (Å²) < 4.78 is 30.6. The van der Waals surface area contributed by atoms with Crippen LogP contribution >= 0.6 is 0 Å². The Bertz CT molecular complexity index is 490. The summed E-state index contributed by atoms with van der Waals surface area (Å²) in [5.41, 5.74) is 0.0232. The molecule has 0 radical (unpaired) electrons. The van der Waals surface area contributed by atoms with Crippen LogP contribution in [0.4, 0.5) is 14.5 Å². The van der Waals surface area contributed by atoms with Crippen LogP contribution in [-0.4, -0.2) is 26.5 Å². The Balaban J connectivity index is 2.59. The van der Waals surface area contributed by atoms with Gasteiger partial charge in [-0.05, 0) is 18.6 Å². The monoisotopic (exact) mass is 255 g/mol. The number of methoxy groups -OCH3 is 1. The zero-order valence-electron chi connectivity index (χ0n) is 10.5. The van der Waals surface area contributed by atoms with Gasteiger partial charge in [0.25, 0.3) is 0 Å². The Kier molecular flexibility index (Phi) is 3.00. The third-order valence-corrected chi connectivity index (χ3v) is 3.49. The number of para-hydroxylation sites is 1. The molecule has 0 spiro atoms. The lowest BCUT2D eigenvalue weighted by Crippen LogP contribution is -2.37. The van der Waals surface area contributed by atoms with Gasteiger partial charge in [-0.25, -0.2) is 8.78 Å². The molecule has 0 saturated heterocycles. The number of amides is 1. The molecule has 0 aliphatic carbocycles. The van der Waals surface area contributed by atoms with Gasteiger partial charge in [0.1, 0.15) is 5.75 Å². The van der Waals surface area contributed by atoms with E-state index in [1.54, 1.807) is 32.2 Å². The van der Waals surface area contributed by atoms with E-state index in [9.17, 15) is 13.6 Å². The first-order valence-electron chi connectivity index (χ1n) is 5.65. The van der Waals surface area contributed by atoms with Crippen molar-refractivity contribution in [2.24, 2.45) is 0 Å². The quantitative estimate of drug-likeness (QED) is 0.830. The zero-order chi connectivity index (χ0) is 13.5. The van der Waals surface area contributed by atoms with Gasteiger partial charge in [0.15, 0.2) is 0 Å². The molecule has 0 bridgehead atoms. The fraction of sp³-hybridized carbons (Fsp3) is 0.462. The molecule has 1 aliphatic heterocycles. The Morgan fingerprint density at radius 1 is 1.44 bits per heavy atom. The molecule has 1 aromatic carbocycles. The minimum absolute atomic E-state index is 0.317. The highest BCUT2D eigenvalue weighted by atomic mass is 19.3. The molecule has 1 amide bonds. The van der Waals surface area contributed by atoms with E-state index in [2.05, 4.69) is 0 Å². The molecular formula is C13H15F2NO2. The second kappa shape index (κ2) is 4.23. The van der Waals surface area contributed by atoms with Crippen molar-refractivity contribution < 1.29 is 18.3 Å². The number of benzene rings is 1. The molecule has 1 aromatic rings. The molecule has 2 rings (SSSR count). The number of rotatable bonds is 3. The molecule has 1 unspecified atom stereocenters. The van der Waals surface area contributed by atoms with Crippen molar-refractivity contribution in [2.45, 2.75) is 25.2 Å². The Morgan fingerprint density at radius 3 is 2.67 bits per heavy atom.